The van der Waals surface area contributed by atoms with E-state index in [1.54, 1.807) is 32.1 Å². The first-order valence-corrected chi connectivity index (χ1v) is 9.25. The summed E-state index contributed by atoms with van der Waals surface area (Å²) in [4.78, 5) is 15.1. The van der Waals surface area contributed by atoms with Gasteiger partial charge in [0.25, 0.3) is 5.91 Å². The van der Waals surface area contributed by atoms with Crippen LogP contribution in [0.25, 0.3) is 11.0 Å². The third-order valence-corrected chi connectivity index (χ3v) is 5.40. The van der Waals surface area contributed by atoms with Gasteiger partial charge in [-0.15, -0.1) is 0 Å². The normalized spacial score (nSPS) is 16.6. The van der Waals surface area contributed by atoms with Crippen molar-refractivity contribution in [1.82, 2.24) is 4.90 Å². The lowest BCUT2D eigenvalue weighted by Crippen LogP contribution is -2.31. The molecular formula is C22H22FNO4. The molecule has 0 bridgehead atoms. The van der Waals surface area contributed by atoms with Crippen molar-refractivity contribution in [3.63, 3.8) is 0 Å². The predicted molar refractivity (Wildman–Crippen MR) is 103 cm³/mol. The minimum Gasteiger partial charge on any atom is -0.497 e. The molecule has 6 heteroatoms. The fourth-order valence-corrected chi connectivity index (χ4v) is 3.96. The number of halogens is 1. The monoisotopic (exact) mass is 383 g/mol. The molecule has 2 heterocycles. The highest BCUT2D eigenvalue weighted by atomic mass is 19.1. The molecule has 4 rings (SSSR count). The van der Waals surface area contributed by atoms with E-state index in [2.05, 4.69) is 0 Å². The van der Waals surface area contributed by atoms with E-state index in [-0.39, 0.29) is 23.5 Å². The molecule has 1 fully saturated rings. The van der Waals surface area contributed by atoms with Gasteiger partial charge in [0.1, 0.15) is 22.9 Å². The standard InChI is InChI=1S/C22H22FNO4/c1-13-16-11-14(23)6-8-20(16)28-21(13)22(25)24-10-4-5-18(24)17-12-15(26-2)7-9-19(17)27-3/h6-9,11-12,18H,4-5,10H2,1-3H3. The summed E-state index contributed by atoms with van der Waals surface area (Å²) in [7, 11) is 3.23. The minimum absolute atomic E-state index is 0.137. The number of carbonyl (C=O) groups is 1. The number of methoxy groups -OCH3 is 2. The van der Waals surface area contributed by atoms with Gasteiger partial charge in [0, 0.05) is 23.1 Å². The third kappa shape index (κ3) is 2.99. The van der Waals surface area contributed by atoms with Crippen LogP contribution in [-0.4, -0.2) is 31.6 Å². The molecule has 2 aromatic carbocycles. The number of benzene rings is 2. The van der Waals surface area contributed by atoms with Crippen LogP contribution >= 0.6 is 0 Å². The molecule has 1 amide bonds. The Morgan fingerprint density at radius 1 is 1.18 bits per heavy atom. The largest absolute Gasteiger partial charge is 0.497 e. The molecule has 1 unspecified atom stereocenters. The second-order valence-electron chi connectivity index (χ2n) is 6.96. The Morgan fingerprint density at radius 2 is 2.00 bits per heavy atom. The molecule has 1 saturated heterocycles. The predicted octanol–water partition coefficient (Wildman–Crippen LogP) is 4.87. The number of hydrogen-bond donors (Lipinski definition) is 0. The summed E-state index contributed by atoms with van der Waals surface area (Å²) < 4.78 is 30.3. The zero-order valence-corrected chi connectivity index (χ0v) is 16.1. The van der Waals surface area contributed by atoms with Crippen molar-refractivity contribution >= 4 is 16.9 Å². The quantitative estimate of drug-likeness (QED) is 0.645. The van der Waals surface area contributed by atoms with E-state index in [4.69, 9.17) is 13.9 Å². The number of amides is 1. The molecule has 1 atom stereocenters. The van der Waals surface area contributed by atoms with Crippen molar-refractivity contribution < 1.29 is 23.1 Å². The lowest BCUT2D eigenvalue weighted by molar-refractivity contribution is 0.0703. The molecule has 0 aliphatic carbocycles. The molecule has 0 saturated carbocycles. The van der Waals surface area contributed by atoms with Gasteiger partial charge in [0.2, 0.25) is 0 Å². The SMILES string of the molecule is COc1ccc(OC)c(C2CCCN2C(=O)c2oc3ccc(F)cc3c2C)c1. The van der Waals surface area contributed by atoms with Crippen molar-refractivity contribution in [3.05, 3.63) is 59.1 Å². The maximum absolute atomic E-state index is 13.6. The van der Waals surface area contributed by atoms with Crippen molar-refractivity contribution in [2.45, 2.75) is 25.8 Å². The van der Waals surface area contributed by atoms with Crippen molar-refractivity contribution in [2.75, 3.05) is 20.8 Å². The summed E-state index contributed by atoms with van der Waals surface area (Å²) in [5.74, 6) is 1.14. The number of ether oxygens (including phenoxy) is 2. The van der Waals surface area contributed by atoms with Crippen LogP contribution < -0.4 is 9.47 Å². The summed E-state index contributed by atoms with van der Waals surface area (Å²) in [6, 6.07) is 9.75. The summed E-state index contributed by atoms with van der Waals surface area (Å²) in [6.07, 6.45) is 1.70. The van der Waals surface area contributed by atoms with Gasteiger partial charge in [-0.3, -0.25) is 4.79 Å². The maximum atomic E-state index is 13.6. The summed E-state index contributed by atoms with van der Waals surface area (Å²) in [6.45, 7) is 2.41. The fraction of sp³-hybridized carbons (Fsp3) is 0.318. The highest BCUT2D eigenvalue weighted by Crippen LogP contribution is 2.40. The number of furan rings is 1. The fourth-order valence-electron chi connectivity index (χ4n) is 3.96. The summed E-state index contributed by atoms with van der Waals surface area (Å²) in [5.41, 5.74) is 2.08. The topological polar surface area (TPSA) is 51.9 Å². The number of fused-ring (bicyclic) bond motifs is 1. The lowest BCUT2D eigenvalue weighted by Gasteiger charge is -2.26. The molecule has 0 radical (unpaired) electrons. The van der Waals surface area contributed by atoms with Gasteiger partial charge in [-0.2, -0.15) is 0 Å². The third-order valence-electron chi connectivity index (χ3n) is 5.40. The summed E-state index contributed by atoms with van der Waals surface area (Å²) in [5, 5.41) is 0.623. The molecule has 0 spiro atoms. The van der Waals surface area contributed by atoms with Crippen LogP contribution in [0.1, 0.15) is 40.6 Å². The Bertz CT molecular complexity index is 1040. The van der Waals surface area contributed by atoms with Crippen LogP contribution in [0.5, 0.6) is 11.5 Å². The van der Waals surface area contributed by atoms with Crippen LogP contribution in [0.3, 0.4) is 0 Å². The molecule has 28 heavy (non-hydrogen) atoms. The molecule has 1 aromatic heterocycles. The van der Waals surface area contributed by atoms with Crippen LogP contribution in [0.2, 0.25) is 0 Å². The van der Waals surface area contributed by atoms with Crippen LogP contribution in [-0.2, 0) is 0 Å². The van der Waals surface area contributed by atoms with Gasteiger partial charge in [0.15, 0.2) is 5.76 Å². The van der Waals surface area contributed by atoms with Crippen LogP contribution in [0.4, 0.5) is 4.39 Å². The van der Waals surface area contributed by atoms with E-state index in [0.717, 1.165) is 18.4 Å². The molecule has 1 aliphatic heterocycles. The molecule has 5 nitrogen and oxygen atoms in total. The number of likely N-dealkylation sites (tertiary alicyclic amines) is 1. The Labute approximate surface area is 162 Å². The Kier molecular flexibility index (Phi) is 4.71. The Balaban J connectivity index is 1.73. The van der Waals surface area contributed by atoms with Crippen molar-refractivity contribution in [3.8, 4) is 11.5 Å². The van der Waals surface area contributed by atoms with E-state index < -0.39 is 0 Å². The zero-order valence-electron chi connectivity index (χ0n) is 16.1. The van der Waals surface area contributed by atoms with E-state index in [0.29, 0.717) is 34.6 Å². The highest BCUT2D eigenvalue weighted by Gasteiger charge is 2.35. The van der Waals surface area contributed by atoms with E-state index in [1.807, 2.05) is 18.2 Å². The molecule has 3 aromatic rings. The highest BCUT2D eigenvalue weighted by molar-refractivity contribution is 5.99. The number of rotatable bonds is 4. The van der Waals surface area contributed by atoms with Crippen molar-refractivity contribution in [1.29, 1.82) is 0 Å². The van der Waals surface area contributed by atoms with E-state index >= 15 is 0 Å². The molecule has 1 aliphatic rings. The minimum atomic E-state index is -0.351. The van der Waals surface area contributed by atoms with Crippen LogP contribution in [0.15, 0.2) is 40.8 Å². The van der Waals surface area contributed by atoms with Gasteiger partial charge in [-0.1, -0.05) is 0 Å². The number of carbonyl (C=O) groups excluding carboxylic acids is 1. The molecular weight excluding hydrogens is 361 g/mol. The first kappa shape index (κ1) is 18.3. The second kappa shape index (κ2) is 7.19. The van der Waals surface area contributed by atoms with Gasteiger partial charge in [0.05, 0.1) is 20.3 Å². The first-order valence-electron chi connectivity index (χ1n) is 9.25. The van der Waals surface area contributed by atoms with Gasteiger partial charge in [-0.05, 0) is 56.2 Å². The maximum Gasteiger partial charge on any atom is 0.290 e. The average Bonchev–Trinajstić information content (AvgIpc) is 3.32. The first-order chi connectivity index (χ1) is 13.5. The Hall–Kier alpha value is -3.02. The number of aryl methyl sites for hydroxylation is 1. The smallest absolute Gasteiger partial charge is 0.290 e. The van der Waals surface area contributed by atoms with E-state index in [9.17, 15) is 9.18 Å². The van der Waals surface area contributed by atoms with Crippen molar-refractivity contribution in [2.24, 2.45) is 0 Å². The zero-order chi connectivity index (χ0) is 19.8. The Morgan fingerprint density at radius 3 is 2.75 bits per heavy atom. The van der Waals surface area contributed by atoms with Crippen LogP contribution in [0, 0.1) is 12.7 Å². The van der Waals surface area contributed by atoms with Gasteiger partial charge < -0.3 is 18.8 Å². The second-order valence-corrected chi connectivity index (χ2v) is 6.96. The molecule has 146 valence electrons. The number of hydrogen-bond acceptors (Lipinski definition) is 4. The number of nitrogens with zero attached hydrogens (tertiary/aromatic N) is 1. The van der Waals surface area contributed by atoms with E-state index in [1.165, 1.54) is 12.1 Å². The summed E-state index contributed by atoms with van der Waals surface area (Å²) >= 11 is 0. The average molecular weight is 383 g/mol. The van der Waals surface area contributed by atoms with Gasteiger partial charge >= 0.3 is 0 Å². The van der Waals surface area contributed by atoms with Gasteiger partial charge in [-0.25, -0.2) is 4.39 Å². The lowest BCUT2D eigenvalue weighted by atomic mass is 10.0. The molecule has 0 N–H and O–H groups in total.